The summed E-state index contributed by atoms with van der Waals surface area (Å²) in [5.74, 6) is 1.57. The third kappa shape index (κ3) is 2.81. The Bertz CT molecular complexity index is 387. The van der Waals surface area contributed by atoms with Gasteiger partial charge in [0, 0.05) is 6.04 Å². The zero-order valence-electron chi connectivity index (χ0n) is 11.4. The van der Waals surface area contributed by atoms with Crippen molar-refractivity contribution in [2.75, 3.05) is 20.2 Å². The molecule has 1 unspecified atom stereocenters. The molecular formula is C15H23NO. The van der Waals surface area contributed by atoms with Crippen molar-refractivity contribution in [2.24, 2.45) is 0 Å². The topological polar surface area (TPSA) is 12.5 Å². The van der Waals surface area contributed by atoms with Gasteiger partial charge in [-0.2, -0.15) is 0 Å². The van der Waals surface area contributed by atoms with Gasteiger partial charge >= 0.3 is 0 Å². The fraction of sp³-hybridized carbons (Fsp3) is 0.600. The van der Waals surface area contributed by atoms with Crippen LogP contribution in [-0.2, 0) is 0 Å². The first-order valence-corrected chi connectivity index (χ1v) is 6.51. The molecule has 1 aromatic carbocycles. The van der Waals surface area contributed by atoms with Gasteiger partial charge in [-0.15, -0.1) is 0 Å². The number of nitrogens with zero attached hydrogens (tertiary/aromatic N) is 1. The van der Waals surface area contributed by atoms with Crippen LogP contribution in [0.4, 0.5) is 0 Å². The minimum atomic E-state index is 0.560. The Morgan fingerprint density at radius 2 is 2.18 bits per heavy atom. The summed E-state index contributed by atoms with van der Waals surface area (Å²) >= 11 is 0. The molecule has 0 spiro atoms. The van der Waals surface area contributed by atoms with Gasteiger partial charge in [-0.3, -0.25) is 4.90 Å². The molecule has 2 heteroatoms. The van der Waals surface area contributed by atoms with E-state index in [1.807, 2.05) is 0 Å². The molecule has 17 heavy (non-hydrogen) atoms. The van der Waals surface area contributed by atoms with E-state index in [2.05, 4.69) is 50.9 Å². The van der Waals surface area contributed by atoms with E-state index in [0.717, 1.165) is 12.4 Å². The quantitative estimate of drug-likeness (QED) is 0.792. The second kappa shape index (κ2) is 5.09. The van der Waals surface area contributed by atoms with Gasteiger partial charge in [0.05, 0.1) is 0 Å². The molecule has 1 aliphatic rings. The molecule has 2 nitrogen and oxygen atoms in total. The van der Waals surface area contributed by atoms with Crippen LogP contribution in [0.15, 0.2) is 18.2 Å². The Morgan fingerprint density at radius 1 is 1.41 bits per heavy atom. The molecule has 1 atom stereocenters. The predicted octanol–water partition coefficient (Wildman–Crippen LogP) is 3.20. The molecule has 0 bridgehead atoms. The zero-order valence-corrected chi connectivity index (χ0v) is 11.4. The second-order valence-electron chi connectivity index (χ2n) is 5.41. The zero-order chi connectivity index (χ0) is 12.4. The van der Waals surface area contributed by atoms with E-state index in [1.54, 1.807) is 0 Å². The maximum Gasteiger partial charge on any atom is 0.119 e. The van der Waals surface area contributed by atoms with Crippen molar-refractivity contribution in [3.8, 4) is 5.75 Å². The molecule has 1 aliphatic heterocycles. The lowest BCUT2D eigenvalue weighted by Crippen LogP contribution is -2.48. The van der Waals surface area contributed by atoms with Crippen molar-refractivity contribution in [3.63, 3.8) is 0 Å². The van der Waals surface area contributed by atoms with E-state index >= 15 is 0 Å². The van der Waals surface area contributed by atoms with Crippen LogP contribution < -0.4 is 4.74 Å². The third-order valence-corrected chi connectivity index (χ3v) is 3.75. The molecule has 2 rings (SSSR count). The van der Waals surface area contributed by atoms with Gasteiger partial charge < -0.3 is 4.74 Å². The van der Waals surface area contributed by atoms with E-state index in [0.29, 0.717) is 12.0 Å². The lowest BCUT2D eigenvalue weighted by atomic mass is 9.98. The fourth-order valence-electron chi connectivity index (χ4n) is 2.30. The van der Waals surface area contributed by atoms with E-state index in [4.69, 9.17) is 4.74 Å². The van der Waals surface area contributed by atoms with Crippen molar-refractivity contribution in [3.05, 3.63) is 29.3 Å². The molecule has 1 heterocycles. The molecule has 0 aliphatic carbocycles. The summed E-state index contributed by atoms with van der Waals surface area (Å²) in [5.41, 5.74) is 2.75. The van der Waals surface area contributed by atoms with Gasteiger partial charge in [-0.25, -0.2) is 0 Å². The Morgan fingerprint density at radius 3 is 2.71 bits per heavy atom. The third-order valence-electron chi connectivity index (χ3n) is 3.75. The summed E-state index contributed by atoms with van der Waals surface area (Å²) in [7, 11) is 2.16. The van der Waals surface area contributed by atoms with Crippen LogP contribution in [0.2, 0.25) is 0 Å². The highest BCUT2D eigenvalue weighted by atomic mass is 16.5. The van der Waals surface area contributed by atoms with Gasteiger partial charge in [0.15, 0.2) is 0 Å². The minimum Gasteiger partial charge on any atom is -0.492 e. The van der Waals surface area contributed by atoms with Gasteiger partial charge in [0.1, 0.15) is 12.4 Å². The Hall–Kier alpha value is -1.02. The molecule has 94 valence electrons. The van der Waals surface area contributed by atoms with Crippen molar-refractivity contribution < 1.29 is 4.74 Å². The summed E-state index contributed by atoms with van der Waals surface area (Å²) in [6.45, 7) is 8.65. The van der Waals surface area contributed by atoms with Gasteiger partial charge in [-0.05, 0) is 56.1 Å². The van der Waals surface area contributed by atoms with Crippen LogP contribution in [0.1, 0.15) is 37.3 Å². The van der Waals surface area contributed by atoms with Crippen LogP contribution in [0.5, 0.6) is 5.75 Å². The maximum atomic E-state index is 5.88. The maximum absolute atomic E-state index is 5.88. The summed E-state index contributed by atoms with van der Waals surface area (Å²) in [6, 6.07) is 7.05. The van der Waals surface area contributed by atoms with Crippen LogP contribution in [-0.4, -0.2) is 31.1 Å². The van der Waals surface area contributed by atoms with Gasteiger partial charge in [-0.1, -0.05) is 19.9 Å². The Balaban J connectivity index is 1.98. The number of hydrogen-bond acceptors (Lipinski definition) is 2. The molecule has 0 radical (unpaired) electrons. The first kappa shape index (κ1) is 12.4. The number of benzene rings is 1. The van der Waals surface area contributed by atoms with E-state index < -0.39 is 0 Å². The molecule has 0 aromatic heterocycles. The SMILES string of the molecule is Cc1ccc(OCC2CCN2C)cc1C(C)C. The van der Waals surface area contributed by atoms with Crippen LogP contribution in [0, 0.1) is 6.92 Å². The number of aryl methyl sites for hydroxylation is 1. The van der Waals surface area contributed by atoms with Gasteiger partial charge in [0.25, 0.3) is 0 Å². The number of likely N-dealkylation sites (tertiary alicyclic amines) is 1. The molecule has 0 N–H and O–H groups in total. The normalized spacial score (nSPS) is 20.4. The average Bonchev–Trinajstić information content (AvgIpc) is 2.29. The molecule has 0 saturated carbocycles. The van der Waals surface area contributed by atoms with Gasteiger partial charge in [0.2, 0.25) is 0 Å². The number of rotatable bonds is 4. The smallest absolute Gasteiger partial charge is 0.119 e. The van der Waals surface area contributed by atoms with Crippen molar-refractivity contribution in [2.45, 2.75) is 39.2 Å². The van der Waals surface area contributed by atoms with Crippen molar-refractivity contribution in [1.82, 2.24) is 4.90 Å². The molecule has 1 fully saturated rings. The highest BCUT2D eigenvalue weighted by molar-refractivity contribution is 5.36. The van der Waals surface area contributed by atoms with Crippen molar-refractivity contribution >= 4 is 0 Å². The number of ether oxygens (including phenoxy) is 1. The van der Waals surface area contributed by atoms with E-state index in [-0.39, 0.29) is 0 Å². The fourth-order valence-corrected chi connectivity index (χ4v) is 2.30. The monoisotopic (exact) mass is 233 g/mol. The summed E-state index contributed by atoms with van der Waals surface area (Å²) < 4.78 is 5.88. The molecule has 1 aromatic rings. The Labute approximate surface area is 105 Å². The summed E-state index contributed by atoms with van der Waals surface area (Å²) in [6.07, 6.45) is 1.26. The van der Waals surface area contributed by atoms with Crippen LogP contribution in [0.3, 0.4) is 0 Å². The highest BCUT2D eigenvalue weighted by Gasteiger charge is 2.24. The number of likely N-dealkylation sites (N-methyl/N-ethyl adjacent to an activating group) is 1. The van der Waals surface area contributed by atoms with Crippen LogP contribution >= 0.6 is 0 Å². The summed E-state index contributed by atoms with van der Waals surface area (Å²) in [5, 5.41) is 0. The first-order valence-electron chi connectivity index (χ1n) is 6.51. The average molecular weight is 233 g/mol. The molecule has 1 saturated heterocycles. The second-order valence-corrected chi connectivity index (χ2v) is 5.41. The first-order chi connectivity index (χ1) is 8.08. The lowest BCUT2D eigenvalue weighted by molar-refractivity contribution is 0.0768. The Kier molecular flexibility index (Phi) is 3.72. The summed E-state index contributed by atoms with van der Waals surface area (Å²) in [4.78, 5) is 2.34. The standard InChI is InChI=1S/C15H23NO/c1-11(2)15-9-14(6-5-12(15)3)17-10-13-7-8-16(13)4/h5-6,9,11,13H,7-8,10H2,1-4H3. The number of hydrogen-bond donors (Lipinski definition) is 0. The lowest BCUT2D eigenvalue weighted by Gasteiger charge is -2.37. The van der Waals surface area contributed by atoms with E-state index in [9.17, 15) is 0 Å². The molecular weight excluding hydrogens is 210 g/mol. The van der Waals surface area contributed by atoms with Crippen molar-refractivity contribution in [1.29, 1.82) is 0 Å². The minimum absolute atomic E-state index is 0.560. The molecule has 0 amide bonds. The predicted molar refractivity (Wildman–Crippen MR) is 71.8 cm³/mol. The van der Waals surface area contributed by atoms with E-state index in [1.165, 1.54) is 24.1 Å². The van der Waals surface area contributed by atoms with Crippen LogP contribution in [0.25, 0.3) is 0 Å². The largest absolute Gasteiger partial charge is 0.492 e. The highest BCUT2D eigenvalue weighted by Crippen LogP contribution is 2.25.